The molecule has 0 radical (unpaired) electrons. The molecular weight excluding hydrogens is 619 g/mol. The van der Waals surface area contributed by atoms with Crippen molar-refractivity contribution in [1.29, 1.82) is 5.26 Å². The van der Waals surface area contributed by atoms with Crippen LogP contribution in [0, 0.1) is 11.3 Å². The summed E-state index contributed by atoms with van der Waals surface area (Å²) in [6, 6.07) is 15.1. The van der Waals surface area contributed by atoms with E-state index in [1.165, 1.54) is 17.5 Å². The fraction of sp³-hybridized carbons (Fsp3) is 0.548. The van der Waals surface area contributed by atoms with Crippen molar-refractivity contribution in [2.24, 2.45) is 10.7 Å². The number of hydrogen-bond donors (Lipinski definition) is 3. The molecule has 2 aliphatic rings. The molecule has 2 atom stereocenters. The summed E-state index contributed by atoms with van der Waals surface area (Å²) in [5, 5.41) is 16.5. The highest BCUT2D eigenvalue weighted by molar-refractivity contribution is 5.96. The Kier molecular flexibility index (Phi) is 17.3. The first-order valence-corrected chi connectivity index (χ1v) is 18.6. The summed E-state index contributed by atoms with van der Waals surface area (Å²) in [5.41, 5.74) is 14.8. The zero-order chi connectivity index (χ0) is 37.4. The normalized spacial score (nSPS) is 18.4. The molecule has 2 aromatic carbocycles. The average Bonchev–Trinajstić information content (AvgIpc) is 3.11. The standard InChI is InChI=1S/C37H51N7O.C3H8.C2H6/c1-25(2)42-36(39)37(17-18-41-24-26(3)44-19-9-8-10-33(44)23-38)22-32-14-11-28(27(4)40-5)20-29(32)12-13-30-21-31(15-16-34(30)37)35(45)43(6)7;1-3-2;1-2/h11,14-16,20-21,25,33,40-41H,3-4,8-10,12-13,17-19,22,24H2,1-2,5-7H3,(H2,39,42);3H2,1-2H3;1-2H3. The van der Waals surface area contributed by atoms with E-state index in [1.54, 1.807) is 19.0 Å². The SMILES string of the molecule is C=C(NC)c1ccc2c(c1)CCc1cc(C(=O)N(C)C)ccc1C(CCNCC(=C)N1CCCCC1C#N)(C(N)=NC(C)C)C2.CC.CCC. The maximum atomic E-state index is 13.0. The highest BCUT2D eigenvalue weighted by atomic mass is 16.2. The van der Waals surface area contributed by atoms with Crippen LogP contribution < -0.4 is 16.4 Å². The first kappa shape index (κ1) is 42.1. The second-order valence-corrected chi connectivity index (χ2v) is 13.7. The van der Waals surface area contributed by atoms with Crippen LogP contribution in [0.1, 0.15) is 112 Å². The first-order chi connectivity index (χ1) is 23.9. The second-order valence-electron chi connectivity index (χ2n) is 13.7. The molecule has 1 aliphatic carbocycles. The van der Waals surface area contributed by atoms with Crippen LogP contribution in [0.15, 0.2) is 60.2 Å². The smallest absolute Gasteiger partial charge is 0.253 e. The lowest BCUT2D eigenvalue weighted by molar-refractivity contribution is 0.0827. The topological polar surface area (TPSA) is 110 Å². The number of nitrogens with one attached hydrogen (secondary N) is 2. The van der Waals surface area contributed by atoms with Gasteiger partial charge in [0.1, 0.15) is 11.9 Å². The van der Waals surface area contributed by atoms with Crippen LogP contribution in [-0.2, 0) is 24.7 Å². The summed E-state index contributed by atoms with van der Waals surface area (Å²) in [5.74, 6) is 0.596. The lowest BCUT2D eigenvalue weighted by Gasteiger charge is -2.39. The molecule has 0 saturated carbocycles. The largest absolute Gasteiger partial charge is 0.388 e. The van der Waals surface area contributed by atoms with Crippen LogP contribution in [0.2, 0.25) is 0 Å². The Balaban J connectivity index is 0.00000164. The molecule has 0 spiro atoms. The molecule has 0 bridgehead atoms. The summed E-state index contributed by atoms with van der Waals surface area (Å²) >= 11 is 0. The van der Waals surface area contributed by atoms with Crippen molar-refractivity contribution in [3.8, 4) is 6.07 Å². The fourth-order valence-corrected chi connectivity index (χ4v) is 6.77. The third-order valence-corrected chi connectivity index (χ3v) is 9.29. The Morgan fingerprint density at radius 2 is 1.72 bits per heavy atom. The molecule has 8 nitrogen and oxygen atoms in total. The molecule has 274 valence electrons. The van der Waals surface area contributed by atoms with Gasteiger partial charge in [-0.15, -0.1) is 0 Å². The van der Waals surface area contributed by atoms with Crippen LogP contribution in [-0.4, -0.2) is 74.4 Å². The summed E-state index contributed by atoms with van der Waals surface area (Å²) in [6.07, 6.45) is 7.33. The number of amides is 1. The molecule has 2 unspecified atom stereocenters. The van der Waals surface area contributed by atoms with E-state index >= 15 is 0 Å². The summed E-state index contributed by atoms with van der Waals surface area (Å²) in [6.45, 7) is 23.0. The lowest BCUT2D eigenvalue weighted by Crippen LogP contribution is -2.47. The maximum Gasteiger partial charge on any atom is 0.253 e. The summed E-state index contributed by atoms with van der Waals surface area (Å²) in [4.78, 5) is 21.8. The molecule has 8 heteroatoms. The Morgan fingerprint density at radius 1 is 1.08 bits per heavy atom. The van der Waals surface area contributed by atoms with Gasteiger partial charge in [-0.25, -0.2) is 0 Å². The predicted octanol–water partition coefficient (Wildman–Crippen LogP) is 7.24. The zero-order valence-corrected chi connectivity index (χ0v) is 32.6. The van der Waals surface area contributed by atoms with Crippen molar-refractivity contribution in [3.63, 3.8) is 0 Å². The Hall–Kier alpha value is -4.09. The first-order valence-electron chi connectivity index (χ1n) is 18.6. The third-order valence-electron chi connectivity index (χ3n) is 9.29. The number of piperidine rings is 1. The third kappa shape index (κ3) is 10.7. The van der Waals surface area contributed by atoms with E-state index in [9.17, 15) is 10.1 Å². The van der Waals surface area contributed by atoms with Crippen LogP contribution in [0.5, 0.6) is 0 Å². The van der Waals surface area contributed by atoms with E-state index in [-0.39, 0.29) is 18.0 Å². The van der Waals surface area contributed by atoms with Crippen molar-refractivity contribution in [2.75, 3.05) is 40.8 Å². The Labute approximate surface area is 303 Å². The molecule has 1 fully saturated rings. The van der Waals surface area contributed by atoms with Crippen molar-refractivity contribution in [2.45, 2.75) is 110 Å². The number of rotatable bonds is 11. The van der Waals surface area contributed by atoms with Gasteiger partial charge in [0, 0.05) is 57.2 Å². The molecule has 1 amide bonds. The Bertz CT molecular complexity index is 1500. The van der Waals surface area contributed by atoms with Crippen molar-refractivity contribution in [1.82, 2.24) is 20.4 Å². The number of fused-ring (bicyclic) bond motifs is 2. The monoisotopic (exact) mass is 684 g/mol. The van der Waals surface area contributed by atoms with Gasteiger partial charge < -0.3 is 26.2 Å². The highest BCUT2D eigenvalue weighted by Crippen LogP contribution is 2.39. The van der Waals surface area contributed by atoms with Gasteiger partial charge in [-0.2, -0.15) is 5.26 Å². The van der Waals surface area contributed by atoms with E-state index in [2.05, 4.69) is 92.8 Å². The van der Waals surface area contributed by atoms with Crippen molar-refractivity contribution < 1.29 is 4.79 Å². The number of nitriles is 1. The highest BCUT2D eigenvalue weighted by Gasteiger charge is 2.40. The van der Waals surface area contributed by atoms with E-state index in [4.69, 9.17) is 10.7 Å². The van der Waals surface area contributed by atoms with Gasteiger partial charge >= 0.3 is 0 Å². The predicted molar refractivity (Wildman–Crippen MR) is 212 cm³/mol. The average molecular weight is 684 g/mol. The summed E-state index contributed by atoms with van der Waals surface area (Å²) < 4.78 is 0. The number of likely N-dealkylation sites (tertiary alicyclic amines) is 1. The van der Waals surface area contributed by atoms with E-state index < -0.39 is 5.41 Å². The zero-order valence-electron chi connectivity index (χ0n) is 32.6. The van der Waals surface area contributed by atoms with Crippen LogP contribution >= 0.6 is 0 Å². The van der Waals surface area contributed by atoms with Gasteiger partial charge in [-0.05, 0) is 111 Å². The minimum atomic E-state index is -0.593. The molecule has 2 aromatic rings. The number of hydrogen-bond acceptors (Lipinski definition) is 6. The number of nitrogens with zero attached hydrogens (tertiary/aromatic N) is 4. The fourth-order valence-electron chi connectivity index (χ4n) is 6.77. The van der Waals surface area contributed by atoms with Gasteiger partial charge in [-0.3, -0.25) is 9.79 Å². The number of aryl methyl sites for hydroxylation is 2. The van der Waals surface area contributed by atoms with Crippen molar-refractivity contribution in [3.05, 3.63) is 88.6 Å². The number of carbonyl (C=O) groups excluding carboxylic acids is 1. The molecule has 1 aliphatic heterocycles. The Morgan fingerprint density at radius 3 is 2.34 bits per heavy atom. The maximum absolute atomic E-state index is 13.0. The molecule has 1 heterocycles. The molecule has 1 saturated heterocycles. The quantitative estimate of drug-likeness (QED) is 0.131. The minimum Gasteiger partial charge on any atom is -0.388 e. The molecule has 50 heavy (non-hydrogen) atoms. The number of benzene rings is 2. The van der Waals surface area contributed by atoms with Gasteiger partial charge in [0.2, 0.25) is 0 Å². The minimum absolute atomic E-state index is 0.0177. The lowest BCUT2D eigenvalue weighted by atomic mass is 9.67. The van der Waals surface area contributed by atoms with Gasteiger partial charge in [0.05, 0.1) is 11.5 Å². The number of nitrogens with two attached hydrogens (primary N) is 1. The van der Waals surface area contributed by atoms with E-state index in [1.807, 2.05) is 27.0 Å². The summed E-state index contributed by atoms with van der Waals surface area (Å²) in [7, 11) is 5.46. The van der Waals surface area contributed by atoms with E-state index in [0.29, 0.717) is 37.3 Å². The molecule has 4 N–H and O–H groups in total. The number of carbonyl (C=O) groups is 1. The van der Waals surface area contributed by atoms with Gasteiger partial charge in [-0.1, -0.05) is 65.5 Å². The second kappa shape index (κ2) is 20.6. The molecule has 0 aromatic heterocycles. The van der Waals surface area contributed by atoms with E-state index in [0.717, 1.165) is 66.7 Å². The van der Waals surface area contributed by atoms with Gasteiger partial charge in [0.25, 0.3) is 5.91 Å². The van der Waals surface area contributed by atoms with Crippen LogP contribution in [0.4, 0.5) is 0 Å². The molecular formula is C42H65N7O. The molecule has 4 rings (SSSR count). The van der Waals surface area contributed by atoms with Gasteiger partial charge in [0.15, 0.2) is 0 Å². The number of aliphatic imine (C=N–C) groups is 1. The number of amidine groups is 1. The van der Waals surface area contributed by atoms with Crippen LogP contribution in [0.3, 0.4) is 0 Å². The van der Waals surface area contributed by atoms with Crippen LogP contribution in [0.25, 0.3) is 5.70 Å². The van der Waals surface area contributed by atoms with Crippen molar-refractivity contribution >= 4 is 17.4 Å².